The standard InChI is InChI=1S/C10H14N2O4/c1-6(2)11-8-4-7(12(14)15)5-9(16-3)10(8)13/h4-6,11,13H,1-3H3. The van der Waals surface area contributed by atoms with Gasteiger partial charge in [0.1, 0.15) is 0 Å². The molecule has 16 heavy (non-hydrogen) atoms. The molecule has 6 nitrogen and oxygen atoms in total. The third kappa shape index (κ3) is 2.53. The van der Waals surface area contributed by atoms with Crippen LogP contribution in [0, 0.1) is 10.1 Å². The second kappa shape index (κ2) is 4.69. The lowest BCUT2D eigenvalue weighted by atomic mass is 10.2. The predicted molar refractivity (Wildman–Crippen MR) is 60.1 cm³/mol. The maximum Gasteiger partial charge on any atom is 0.275 e. The van der Waals surface area contributed by atoms with Crippen molar-refractivity contribution in [2.75, 3.05) is 12.4 Å². The number of hydrogen-bond donors (Lipinski definition) is 2. The van der Waals surface area contributed by atoms with Crippen LogP contribution in [-0.2, 0) is 0 Å². The number of nitrogens with zero attached hydrogens (tertiary/aromatic N) is 1. The fourth-order valence-corrected chi connectivity index (χ4v) is 1.28. The normalized spacial score (nSPS) is 10.2. The minimum Gasteiger partial charge on any atom is -0.503 e. The Bertz CT molecular complexity index is 404. The van der Waals surface area contributed by atoms with Crippen molar-refractivity contribution in [3.05, 3.63) is 22.2 Å². The molecule has 0 saturated carbocycles. The lowest BCUT2D eigenvalue weighted by Crippen LogP contribution is -2.10. The Morgan fingerprint density at radius 3 is 2.56 bits per heavy atom. The highest BCUT2D eigenvalue weighted by atomic mass is 16.6. The molecule has 1 rings (SSSR count). The summed E-state index contributed by atoms with van der Waals surface area (Å²) in [6.45, 7) is 3.73. The third-order valence-electron chi connectivity index (χ3n) is 1.93. The first-order valence-electron chi connectivity index (χ1n) is 4.77. The van der Waals surface area contributed by atoms with Crippen LogP contribution in [0.3, 0.4) is 0 Å². The Labute approximate surface area is 93.0 Å². The summed E-state index contributed by atoms with van der Waals surface area (Å²) in [4.78, 5) is 10.1. The summed E-state index contributed by atoms with van der Waals surface area (Å²) in [5.41, 5.74) is 0.166. The molecule has 88 valence electrons. The van der Waals surface area contributed by atoms with E-state index in [9.17, 15) is 15.2 Å². The second-order valence-electron chi connectivity index (χ2n) is 3.60. The Kier molecular flexibility index (Phi) is 3.55. The van der Waals surface area contributed by atoms with Gasteiger partial charge in [0.2, 0.25) is 0 Å². The van der Waals surface area contributed by atoms with Crippen LogP contribution < -0.4 is 10.1 Å². The first kappa shape index (κ1) is 12.1. The maximum atomic E-state index is 10.7. The highest BCUT2D eigenvalue weighted by Crippen LogP contribution is 2.38. The van der Waals surface area contributed by atoms with E-state index in [-0.39, 0.29) is 23.2 Å². The van der Waals surface area contributed by atoms with Crippen molar-refractivity contribution in [3.63, 3.8) is 0 Å². The highest BCUT2D eigenvalue weighted by Gasteiger charge is 2.16. The van der Waals surface area contributed by atoms with Crippen LogP contribution in [0.25, 0.3) is 0 Å². The van der Waals surface area contributed by atoms with Gasteiger partial charge in [-0.1, -0.05) is 0 Å². The van der Waals surface area contributed by atoms with Crippen LogP contribution in [0.1, 0.15) is 13.8 Å². The zero-order valence-electron chi connectivity index (χ0n) is 9.35. The molecule has 0 aliphatic heterocycles. The first-order chi connectivity index (χ1) is 7.45. The van der Waals surface area contributed by atoms with Crippen molar-refractivity contribution in [2.45, 2.75) is 19.9 Å². The molecule has 0 radical (unpaired) electrons. The molecule has 0 spiro atoms. The van der Waals surface area contributed by atoms with E-state index in [2.05, 4.69) is 5.32 Å². The highest BCUT2D eigenvalue weighted by molar-refractivity contribution is 5.67. The number of nitro groups is 1. The van der Waals surface area contributed by atoms with Crippen molar-refractivity contribution in [3.8, 4) is 11.5 Å². The van der Waals surface area contributed by atoms with Gasteiger partial charge in [-0.25, -0.2) is 0 Å². The van der Waals surface area contributed by atoms with E-state index < -0.39 is 4.92 Å². The van der Waals surface area contributed by atoms with Crippen LogP contribution in [-0.4, -0.2) is 23.2 Å². The number of hydrogen-bond acceptors (Lipinski definition) is 5. The molecule has 0 fully saturated rings. The van der Waals surface area contributed by atoms with E-state index >= 15 is 0 Å². The van der Waals surface area contributed by atoms with Gasteiger partial charge < -0.3 is 15.2 Å². The number of nitro benzene ring substituents is 1. The summed E-state index contributed by atoms with van der Waals surface area (Å²) in [5, 5.41) is 23.3. The summed E-state index contributed by atoms with van der Waals surface area (Å²) in [5.74, 6) is -0.0425. The molecule has 6 heteroatoms. The smallest absolute Gasteiger partial charge is 0.275 e. The number of methoxy groups -OCH3 is 1. The van der Waals surface area contributed by atoms with Crippen LogP contribution in [0.15, 0.2) is 12.1 Å². The molecule has 1 aromatic rings. The monoisotopic (exact) mass is 226 g/mol. The number of ether oxygens (including phenoxy) is 1. The molecule has 1 aromatic carbocycles. The summed E-state index contributed by atoms with van der Waals surface area (Å²) < 4.78 is 4.86. The number of aromatic hydroxyl groups is 1. The van der Waals surface area contributed by atoms with Crippen LogP contribution in [0.2, 0.25) is 0 Å². The summed E-state index contributed by atoms with van der Waals surface area (Å²) in [7, 11) is 1.35. The van der Waals surface area contributed by atoms with Gasteiger partial charge in [0.25, 0.3) is 5.69 Å². The average Bonchev–Trinajstić information content (AvgIpc) is 2.20. The molecular formula is C10H14N2O4. The van der Waals surface area contributed by atoms with E-state index in [1.165, 1.54) is 19.2 Å². The zero-order chi connectivity index (χ0) is 12.3. The molecule has 0 saturated heterocycles. The van der Waals surface area contributed by atoms with E-state index in [4.69, 9.17) is 4.74 Å². The number of non-ortho nitro benzene ring substituents is 1. The molecule has 0 atom stereocenters. The minimum atomic E-state index is -0.534. The molecule has 0 heterocycles. The van der Waals surface area contributed by atoms with Gasteiger partial charge in [-0.05, 0) is 13.8 Å². The van der Waals surface area contributed by atoms with E-state index in [0.717, 1.165) is 0 Å². The molecule has 0 aromatic heterocycles. The maximum absolute atomic E-state index is 10.7. The summed E-state index contributed by atoms with van der Waals surface area (Å²) in [6, 6.07) is 2.51. The fraction of sp³-hybridized carbons (Fsp3) is 0.400. The van der Waals surface area contributed by atoms with Gasteiger partial charge in [-0.2, -0.15) is 0 Å². The largest absolute Gasteiger partial charge is 0.503 e. The topological polar surface area (TPSA) is 84.6 Å². The van der Waals surface area contributed by atoms with E-state index in [1.54, 1.807) is 0 Å². The second-order valence-corrected chi connectivity index (χ2v) is 3.60. The van der Waals surface area contributed by atoms with Gasteiger partial charge in [0.05, 0.1) is 23.8 Å². The summed E-state index contributed by atoms with van der Waals surface area (Å²) >= 11 is 0. The number of phenols is 1. The molecular weight excluding hydrogens is 212 g/mol. The van der Waals surface area contributed by atoms with Gasteiger partial charge >= 0.3 is 0 Å². The quantitative estimate of drug-likeness (QED) is 0.466. The Hall–Kier alpha value is -1.98. The van der Waals surface area contributed by atoms with Crippen molar-refractivity contribution < 1.29 is 14.8 Å². The SMILES string of the molecule is COc1cc([N+](=O)[O-])cc(NC(C)C)c1O. The number of phenolic OH excluding ortho intramolecular Hbond substituents is 1. The Morgan fingerprint density at radius 1 is 1.50 bits per heavy atom. The van der Waals surface area contributed by atoms with Crippen molar-refractivity contribution in [1.82, 2.24) is 0 Å². The number of anilines is 1. The lowest BCUT2D eigenvalue weighted by molar-refractivity contribution is -0.384. The number of benzene rings is 1. The summed E-state index contributed by atoms with van der Waals surface area (Å²) in [6.07, 6.45) is 0. The number of nitrogens with one attached hydrogen (secondary N) is 1. The van der Waals surface area contributed by atoms with Crippen molar-refractivity contribution >= 4 is 11.4 Å². The van der Waals surface area contributed by atoms with Gasteiger partial charge in [-0.15, -0.1) is 0 Å². The Balaban J connectivity index is 3.24. The van der Waals surface area contributed by atoms with E-state index in [0.29, 0.717) is 5.69 Å². The van der Waals surface area contributed by atoms with Crippen LogP contribution in [0.5, 0.6) is 11.5 Å². The van der Waals surface area contributed by atoms with Crippen LogP contribution in [0.4, 0.5) is 11.4 Å². The average molecular weight is 226 g/mol. The van der Waals surface area contributed by atoms with Gasteiger partial charge in [0.15, 0.2) is 11.5 Å². The van der Waals surface area contributed by atoms with E-state index in [1.807, 2.05) is 13.8 Å². The van der Waals surface area contributed by atoms with Crippen molar-refractivity contribution in [1.29, 1.82) is 0 Å². The zero-order valence-corrected chi connectivity index (χ0v) is 9.35. The first-order valence-corrected chi connectivity index (χ1v) is 4.77. The molecule has 0 aliphatic carbocycles. The Morgan fingerprint density at radius 2 is 2.12 bits per heavy atom. The minimum absolute atomic E-state index is 0.0533. The van der Waals surface area contributed by atoms with Gasteiger partial charge in [-0.3, -0.25) is 10.1 Å². The number of rotatable bonds is 4. The third-order valence-corrected chi connectivity index (χ3v) is 1.93. The molecule has 2 N–H and O–H groups in total. The fourth-order valence-electron chi connectivity index (χ4n) is 1.28. The molecule has 0 amide bonds. The van der Waals surface area contributed by atoms with Crippen molar-refractivity contribution in [2.24, 2.45) is 0 Å². The molecule has 0 unspecified atom stereocenters. The molecule has 0 aliphatic rings. The predicted octanol–water partition coefficient (Wildman–Crippen LogP) is 2.13. The van der Waals surface area contributed by atoms with Gasteiger partial charge in [0, 0.05) is 12.1 Å². The molecule has 0 bridgehead atoms. The lowest BCUT2D eigenvalue weighted by Gasteiger charge is -2.13. The van der Waals surface area contributed by atoms with Crippen LogP contribution >= 0.6 is 0 Å².